The van der Waals surface area contributed by atoms with Crippen molar-refractivity contribution in [2.75, 3.05) is 50.7 Å². The molecule has 0 saturated carbocycles. The zero-order chi connectivity index (χ0) is 17.8. The Kier molecular flexibility index (Phi) is 5.63. The first-order chi connectivity index (χ1) is 12.1. The molecule has 136 valence electrons. The maximum absolute atomic E-state index is 12.3. The largest absolute Gasteiger partial charge is 0.353 e. The molecule has 1 N–H and O–H groups in total. The minimum Gasteiger partial charge on any atom is -0.353 e. The van der Waals surface area contributed by atoms with Gasteiger partial charge in [0.05, 0.1) is 5.02 Å². The number of carbonyl (C=O) groups excluding carboxylic acids is 2. The molecule has 0 aromatic carbocycles. The van der Waals surface area contributed by atoms with Crippen LogP contribution in [0, 0.1) is 5.92 Å². The van der Waals surface area contributed by atoms with Crippen LogP contribution in [0.2, 0.25) is 5.02 Å². The van der Waals surface area contributed by atoms with Gasteiger partial charge in [0.25, 0.3) is 0 Å². The molecule has 1 aromatic rings. The number of nitrogens with one attached hydrogen (secondary N) is 1. The topological polar surface area (TPSA) is 68.8 Å². The monoisotopic (exact) mass is 365 g/mol. The molecule has 7 nitrogen and oxygen atoms in total. The summed E-state index contributed by atoms with van der Waals surface area (Å²) in [5, 5.41) is 3.60. The third-order valence-corrected chi connectivity index (χ3v) is 5.04. The fourth-order valence-electron chi connectivity index (χ4n) is 3.33. The average molecular weight is 366 g/mol. The maximum atomic E-state index is 12.3. The fraction of sp³-hybridized carbons (Fsp3) is 0.588. The number of amides is 3. The van der Waals surface area contributed by atoms with Gasteiger partial charge in [-0.05, 0) is 19.1 Å². The smallest absolute Gasteiger partial charge is 0.317 e. The molecule has 2 aliphatic rings. The minimum atomic E-state index is -0.0499. The van der Waals surface area contributed by atoms with Crippen LogP contribution in [0.3, 0.4) is 0 Å². The minimum absolute atomic E-state index is 0.0499. The molecule has 3 heterocycles. The Labute approximate surface area is 152 Å². The van der Waals surface area contributed by atoms with Crippen LogP contribution in [-0.4, -0.2) is 72.5 Å². The lowest BCUT2D eigenvalue weighted by Gasteiger charge is -2.35. The summed E-state index contributed by atoms with van der Waals surface area (Å²) in [6, 6.07) is 3.67. The van der Waals surface area contributed by atoms with E-state index in [4.69, 9.17) is 11.6 Å². The number of rotatable bonds is 4. The van der Waals surface area contributed by atoms with Crippen LogP contribution < -0.4 is 10.2 Å². The van der Waals surface area contributed by atoms with Crippen LogP contribution in [0.15, 0.2) is 18.3 Å². The Morgan fingerprint density at radius 3 is 2.68 bits per heavy atom. The lowest BCUT2D eigenvalue weighted by molar-refractivity contribution is -0.127. The number of anilines is 1. The second-order valence-electron chi connectivity index (χ2n) is 6.50. The predicted molar refractivity (Wildman–Crippen MR) is 96.8 cm³/mol. The summed E-state index contributed by atoms with van der Waals surface area (Å²) in [4.78, 5) is 34.2. The number of pyridine rings is 1. The normalized spacial score (nSPS) is 21.0. The lowest BCUT2D eigenvalue weighted by Crippen LogP contribution is -2.52. The van der Waals surface area contributed by atoms with Gasteiger partial charge in [0.1, 0.15) is 5.82 Å². The first-order valence-electron chi connectivity index (χ1n) is 8.74. The third kappa shape index (κ3) is 4.34. The molecule has 3 rings (SSSR count). The summed E-state index contributed by atoms with van der Waals surface area (Å²) in [5.74, 6) is 1.29. The van der Waals surface area contributed by atoms with Gasteiger partial charge < -0.3 is 20.0 Å². The summed E-state index contributed by atoms with van der Waals surface area (Å²) in [7, 11) is 0. The third-order valence-electron chi connectivity index (χ3n) is 4.82. The average Bonchev–Trinajstić information content (AvgIpc) is 3.00. The van der Waals surface area contributed by atoms with E-state index in [-0.39, 0.29) is 17.9 Å². The summed E-state index contributed by atoms with van der Waals surface area (Å²) < 4.78 is 0. The zero-order valence-corrected chi connectivity index (χ0v) is 15.2. The van der Waals surface area contributed by atoms with Gasteiger partial charge in [0.2, 0.25) is 5.91 Å². The van der Waals surface area contributed by atoms with Crippen molar-refractivity contribution < 1.29 is 9.59 Å². The number of piperazine rings is 1. The molecular formula is C17H24ClN5O2. The number of likely N-dealkylation sites (tertiary alicyclic amines) is 1. The number of aromatic nitrogens is 1. The Hall–Kier alpha value is -2.02. The quantitative estimate of drug-likeness (QED) is 0.876. The van der Waals surface area contributed by atoms with Gasteiger partial charge in [-0.1, -0.05) is 11.6 Å². The predicted octanol–water partition coefficient (Wildman–Crippen LogP) is 1.44. The van der Waals surface area contributed by atoms with E-state index in [0.717, 1.165) is 32.0 Å². The van der Waals surface area contributed by atoms with Crippen molar-refractivity contribution in [3.63, 3.8) is 0 Å². The fourth-order valence-corrected chi connectivity index (χ4v) is 3.45. The molecule has 8 heteroatoms. The Balaban J connectivity index is 1.42. The zero-order valence-electron chi connectivity index (χ0n) is 14.4. The lowest BCUT2D eigenvalue weighted by atomic mass is 10.1. The highest BCUT2D eigenvalue weighted by Crippen LogP contribution is 2.18. The summed E-state index contributed by atoms with van der Waals surface area (Å²) in [5.41, 5.74) is 0. The SMILES string of the molecule is CCN1C[C@@H](CNC(=O)N2CCN(c3ccc(Cl)cn3)CC2)CC1=O. The van der Waals surface area contributed by atoms with Crippen molar-refractivity contribution in [3.05, 3.63) is 23.4 Å². The second kappa shape index (κ2) is 7.91. The standard InChI is InChI=1S/C17H24ClN5O2/c1-2-21-12-13(9-16(21)24)10-20-17(25)23-7-5-22(6-8-23)15-4-3-14(18)11-19-15/h3-4,11,13H,2,5-10,12H2,1H3,(H,20,25)/t13-/m1/s1. The highest BCUT2D eigenvalue weighted by molar-refractivity contribution is 6.30. The van der Waals surface area contributed by atoms with Crippen LogP contribution in [0.25, 0.3) is 0 Å². The number of hydrogen-bond donors (Lipinski definition) is 1. The molecule has 1 aromatic heterocycles. The summed E-state index contributed by atoms with van der Waals surface area (Å²) in [6.07, 6.45) is 2.17. The van der Waals surface area contributed by atoms with Crippen LogP contribution in [0.4, 0.5) is 10.6 Å². The number of urea groups is 1. The van der Waals surface area contributed by atoms with Gasteiger partial charge >= 0.3 is 6.03 Å². The van der Waals surface area contributed by atoms with E-state index < -0.39 is 0 Å². The van der Waals surface area contributed by atoms with Crippen LogP contribution >= 0.6 is 11.6 Å². The van der Waals surface area contributed by atoms with E-state index in [1.165, 1.54) is 0 Å². The summed E-state index contributed by atoms with van der Waals surface area (Å²) in [6.45, 7) is 6.81. The molecule has 3 amide bonds. The molecule has 25 heavy (non-hydrogen) atoms. The van der Waals surface area contributed by atoms with E-state index >= 15 is 0 Å². The molecule has 0 radical (unpaired) electrons. The van der Waals surface area contributed by atoms with Crippen molar-refractivity contribution in [3.8, 4) is 0 Å². The number of carbonyl (C=O) groups is 2. The number of halogens is 1. The van der Waals surface area contributed by atoms with E-state index in [1.807, 2.05) is 28.9 Å². The maximum Gasteiger partial charge on any atom is 0.317 e. The van der Waals surface area contributed by atoms with Crippen molar-refractivity contribution >= 4 is 29.4 Å². The van der Waals surface area contributed by atoms with E-state index in [1.54, 1.807) is 6.20 Å². The molecule has 0 spiro atoms. The van der Waals surface area contributed by atoms with Gasteiger partial charge in [0, 0.05) is 64.3 Å². The molecule has 2 fully saturated rings. The first-order valence-corrected chi connectivity index (χ1v) is 9.11. The first kappa shape index (κ1) is 17.8. The molecule has 1 atom stereocenters. The van der Waals surface area contributed by atoms with Crippen LogP contribution in [0.1, 0.15) is 13.3 Å². The van der Waals surface area contributed by atoms with Gasteiger partial charge in [-0.3, -0.25) is 4.79 Å². The molecule has 0 bridgehead atoms. The highest BCUT2D eigenvalue weighted by Gasteiger charge is 2.29. The molecule has 2 aliphatic heterocycles. The van der Waals surface area contributed by atoms with Crippen LogP contribution in [-0.2, 0) is 4.79 Å². The molecule has 0 aliphatic carbocycles. The van der Waals surface area contributed by atoms with Crippen molar-refractivity contribution in [1.82, 2.24) is 20.1 Å². The number of nitrogens with zero attached hydrogens (tertiary/aromatic N) is 4. The Morgan fingerprint density at radius 2 is 2.08 bits per heavy atom. The van der Waals surface area contributed by atoms with Gasteiger partial charge in [0.15, 0.2) is 0 Å². The van der Waals surface area contributed by atoms with E-state index in [9.17, 15) is 9.59 Å². The van der Waals surface area contributed by atoms with Gasteiger partial charge in [-0.2, -0.15) is 0 Å². The molecule has 2 saturated heterocycles. The number of hydrogen-bond acceptors (Lipinski definition) is 4. The molecular weight excluding hydrogens is 342 g/mol. The van der Waals surface area contributed by atoms with Gasteiger partial charge in [-0.15, -0.1) is 0 Å². The second-order valence-corrected chi connectivity index (χ2v) is 6.93. The van der Waals surface area contributed by atoms with E-state index in [0.29, 0.717) is 31.1 Å². The Morgan fingerprint density at radius 1 is 1.32 bits per heavy atom. The van der Waals surface area contributed by atoms with Crippen molar-refractivity contribution in [1.29, 1.82) is 0 Å². The van der Waals surface area contributed by atoms with Crippen molar-refractivity contribution in [2.45, 2.75) is 13.3 Å². The highest BCUT2D eigenvalue weighted by atomic mass is 35.5. The van der Waals surface area contributed by atoms with E-state index in [2.05, 4.69) is 15.2 Å². The van der Waals surface area contributed by atoms with Crippen molar-refractivity contribution in [2.24, 2.45) is 5.92 Å². The molecule has 0 unspecified atom stereocenters. The van der Waals surface area contributed by atoms with Crippen LogP contribution in [0.5, 0.6) is 0 Å². The summed E-state index contributed by atoms with van der Waals surface area (Å²) >= 11 is 5.86. The van der Waals surface area contributed by atoms with Gasteiger partial charge in [-0.25, -0.2) is 9.78 Å². The Bertz CT molecular complexity index is 616.